The minimum atomic E-state index is -0.235. The third-order valence-electron chi connectivity index (χ3n) is 6.35. The Balaban J connectivity index is 0.00000172. The van der Waals surface area contributed by atoms with Crippen molar-refractivity contribution in [2.75, 3.05) is 40.3 Å². The normalized spacial score (nSPS) is 24.7. The fourth-order valence-corrected chi connectivity index (χ4v) is 4.58. The zero-order valence-corrected chi connectivity index (χ0v) is 21.1. The molecule has 2 aliphatic rings. The SMILES string of the molecule is CCC.CNCC(=O)N(C)CCCOC(=O)C1CC2CC(CC/C(N)=N/NN)CCC2CN1. The van der Waals surface area contributed by atoms with Gasteiger partial charge in [0.2, 0.25) is 5.91 Å². The molecule has 0 aromatic heterocycles. The summed E-state index contributed by atoms with van der Waals surface area (Å²) in [4.78, 5) is 25.9. The van der Waals surface area contributed by atoms with Crippen LogP contribution in [0, 0.1) is 17.8 Å². The van der Waals surface area contributed by atoms with Gasteiger partial charge in [0.05, 0.1) is 13.2 Å². The van der Waals surface area contributed by atoms with Gasteiger partial charge in [-0.2, -0.15) is 5.10 Å². The highest BCUT2D eigenvalue weighted by molar-refractivity contribution is 5.80. The Kier molecular flexibility index (Phi) is 14.7. The Labute approximate surface area is 199 Å². The molecule has 1 saturated heterocycles. The number of hydrazone groups is 1. The molecule has 0 spiro atoms. The number of piperidine rings is 1. The van der Waals surface area contributed by atoms with E-state index < -0.39 is 0 Å². The Morgan fingerprint density at radius 1 is 1.21 bits per heavy atom. The maximum atomic E-state index is 12.5. The van der Waals surface area contributed by atoms with Crippen LogP contribution in [-0.2, 0) is 14.3 Å². The van der Waals surface area contributed by atoms with Gasteiger partial charge in [0, 0.05) is 20.0 Å². The van der Waals surface area contributed by atoms with Crippen molar-refractivity contribution >= 4 is 17.7 Å². The highest BCUT2D eigenvalue weighted by atomic mass is 16.5. The maximum Gasteiger partial charge on any atom is 0.323 e. The number of fused-ring (bicyclic) bond motifs is 1. The molecule has 0 radical (unpaired) electrons. The summed E-state index contributed by atoms with van der Waals surface area (Å²) in [6.07, 6.45) is 7.96. The molecule has 1 aliphatic heterocycles. The first-order valence-electron chi connectivity index (χ1n) is 12.4. The summed E-state index contributed by atoms with van der Waals surface area (Å²) >= 11 is 0. The molecule has 33 heavy (non-hydrogen) atoms. The van der Waals surface area contributed by atoms with Crippen LogP contribution in [0.15, 0.2) is 5.10 Å². The van der Waals surface area contributed by atoms with Crippen molar-refractivity contribution in [3.8, 4) is 0 Å². The lowest BCUT2D eigenvalue weighted by molar-refractivity contribution is -0.148. The van der Waals surface area contributed by atoms with Crippen LogP contribution in [0.2, 0.25) is 0 Å². The molecule has 2 rings (SSSR count). The Bertz CT molecular complexity index is 603. The fourth-order valence-electron chi connectivity index (χ4n) is 4.58. The van der Waals surface area contributed by atoms with E-state index in [4.69, 9.17) is 16.3 Å². The third-order valence-corrected chi connectivity index (χ3v) is 6.35. The van der Waals surface area contributed by atoms with Crippen molar-refractivity contribution in [3.05, 3.63) is 0 Å². The van der Waals surface area contributed by atoms with Crippen molar-refractivity contribution in [1.82, 2.24) is 21.1 Å². The molecule has 0 bridgehead atoms. The summed E-state index contributed by atoms with van der Waals surface area (Å²) in [6, 6.07) is -0.235. The van der Waals surface area contributed by atoms with Crippen molar-refractivity contribution in [2.24, 2.45) is 34.4 Å². The lowest BCUT2D eigenvalue weighted by Crippen LogP contribution is -2.50. The smallest absolute Gasteiger partial charge is 0.323 e. The number of nitrogens with one attached hydrogen (secondary N) is 3. The minimum absolute atomic E-state index is 0.0305. The second kappa shape index (κ2) is 16.7. The van der Waals surface area contributed by atoms with E-state index >= 15 is 0 Å². The van der Waals surface area contributed by atoms with Crippen LogP contribution >= 0.6 is 0 Å². The van der Waals surface area contributed by atoms with Crippen LogP contribution in [0.25, 0.3) is 0 Å². The maximum absolute atomic E-state index is 12.5. The van der Waals surface area contributed by atoms with Gasteiger partial charge >= 0.3 is 5.97 Å². The molecule has 7 N–H and O–H groups in total. The molecule has 0 aromatic carbocycles. The lowest BCUT2D eigenvalue weighted by atomic mass is 9.69. The summed E-state index contributed by atoms with van der Waals surface area (Å²) < 4.78 is 5.48. The van der Waals surface area contributed by atoms with Crippen LogP contribution in [0.3, 0.4) is 0 Å². The number of hydrogen-bond donors (Lipinski definition) is 5. The van der Waals surface area contributed by atoms with Gasteiger partial charge in [-0.15, -0.1) is 0 Å². The lowest BCUT2D eigenvalue weighted by Gasteiger charge is -2.42. The van der Waals surface area contributed by atoms with Crippen LogP contribution in [0.5, 0.6) is 0 Å². The van der Waals surface area contributed by atoms with Crippen LogP contribution < -0.4 is 27.7 Å². The number of carbonyl (C=O) groups is 2. The monoisotopic (exact) mass is 469 g/mol. The first-order valence-corrected chi connectivity index (χ1v) is 12.4. The summed E-state index contributed by atoms with van der Waals surface area (Å²) in [5.41, 5.74) is 8.05. The number of nitrogens with two attached hydrogens (primary N) is 2. The zero-order chi connectivity index (χ0) is 24.6. The van der Waals surface area contributed by atoms with E-state index in [2.05, 4.69) is 35.1 Å². The third kappa shape index (κ3) is 11.2. The molecule has 4 atom stereocenters. The van der Waals surface area contributed by atoms with E-state index in [0.717, 1.165) is 32.2 Å². The zero-order valence-electron chi connectivity index (χ0n) is 21.1. The number of hydrogen-bond acceptors (Lipinski definition) is 8. The van der Waals surface area contributed by atoms with Crippen LogP contribution in [0.4, 0.5) is 0 Å². The largest absolute Gasteiger partial charge is 0.464 e. The second-order valence-electron chi connectivity index (χ2n) is 9.24. The average Bonchev–Trinajstić information content (AvgIpc) is 2.80. The molecule has 10 heteroatoms. The molecule has 0 aromatic rings. The van der Waals surface area contributed by atoms with Gasteiger partial charge in [-0.05, 0) is 63.5 Å². The molecule has 4 unspecified atom stereocenters. The van der Waals surface area contributed by atoms with Crippen molar-refractivity contribution in [2.45, 2.75) is 71.3 Å². The predicted molar refractivity (Wildman–Crippen MR) is 132 cm³/mol. The number of carbonyl (C=O) groups excluding carboxylic acids is 2. The van der Waals surface area contributed by atoms with E-state index in [1.165, 1.54) is 19.3 Å². The Morgan fingerprint density at radius 2 is 1.94 bits per heavy atom. The first kappa shape index (κ1) is 29.1. The molecular weight excluding hydrogens is 422 g/mol. The quantitative estimate of drug-likeness (QED) is 0.0749. The second-order valence-corrected chi connectivity index (χ2v) is 9.24. The molecule has 2 fully saturated rings. The predicted octanol–water partition coefficient (Wildman–Crippen LogP) is 0.924. The van der Waals surface area contributed by atoms with Gasteiger partial charge < -0.3 is 26.0 Å². The highest BCUT2D eigenvalue weighted by Crippen LogP contribution is 2.40. The molecular formula is C23H47N7O3. The highest BCUT2D eigenvalue weighted by Gasteiger charge is 2.38. The standard InChI is InChI=1S/C20H39N7O3.C3H8/c1-23-13-19(28)27(2)8-3-9-30-20(29)17-11-16-10-14(4-6-15(16)12-24-17)5-7-18(21)25-26-22;1-3-2/h14-17,23-24,26H,3-13,22H2,1-2H3,(H2,21,25);3H2,1-2H3. The van der Waals surface area contributed by atoms with E-state index in [-0.39, 0.29) is 17.9 Å². The number of likely N-dealkylation sites (N-methyl/N-ethyl adjacent to an activating group) is 2. The van der Waals surface area contributed by atoms with Crippen molar-refractivity contribution < 1.29 is 14.3 Å². The van der Waals surface area contributed by atoms with Gasteiger partial charge in [-0.1, -0.05) is 26.7 Å². The molecule has 1 amide bonds. The molecule has 1 aliphatic carbocycles. The van der Waals surface area contributed by atoms with E-state index in [9.17, 15) is 9.59 Å². The van der Waals surface area contributed by atoms with Gasteiger partial charge in [0.25, 0.3) is 0 Å². The molecule has 10 nitrogen and oxygen atoms in total. The summed E-state index contributed by atoms with van der Waals surface area (Å²) in [5, 5.41) is 10.0. The molecule has 1 saturated carbocycles. The number of hydrazine groups is 1. The average molecular weight is 470 g/mol. The van der Waals surface area contributed by atoms with Crippen molar-refractivity contribution in [3.63, 3.8) is 0 Å². The van der Waals surface area contributed by atoms with E-state index in [1.54, 1.807) is 19.0 Å². The van der Waals surface area contributed by atoms with Gasteiger partial charge in [-0.25, -0.2) is 11.4 Å². The van der Waals surface area contributed by atoms with E-state index in [0.29, 0.717) is 49.7 Å². The molecule has 192 valence electrons. The Hall–Kier alpha value is -1.91. The summed E-state index contributed by atoms with van der Waals surface area (Å²) in [5.74, 6) is 7.33. The number of esters is 1. The number of amides is 1. The topological polar surface area (TPSA) is 147 Å². The number of rotatable bonds is 11. The summed E-state index contributed by atoms with van der Waals surface area (Å²) in [7, 11) is 3.50. The van der Waals surface area contributed by atoms with Gasteiger partial charge in [0.15, 0.2) is 0 Å². The summed E-state index contributed by atoms with van der Waals surface area (Å²) in [6.45, 7) is 6.34. The van der Waals surface area contributed by atoms with Gasteiger partial charge in [-0.3, -0.25) is 9.59 Å². The van der Waals surface area contributed by atoms with Gasteiger partial charge in [0.1, 0.15) is 11.9 Å². The van der Waals surface area contributed by atoms with Crippen LogP contribution in [0.1, 0.15) is 65.2 Å². The number of ether oxygens (including phenoxy) is 1. The van der Waals surface area contributed by atoms with Crippen LogP contribution in [-0.4, -0.2) is 69.0 Å². The molecule has 1 heterocycles. The van der Waals surface area contributed by atoms with Crippen molar-refractivity contribution in [1.29, 1.82) is 0 Å². The number of nitrogens with zero attached hydrogens (tertiary/aromatic N) is 2. The first-order chi connectivity index (χ1) is 15.9. The Morgan fingerprint density at radius 3 is 2.61 bits per heavy atom. The fraction of sp³-hybridized carbons (Fsp3) is 0.870. The number of amidine groups is 1. The minimum Gasteiger partial charge on any atom is -0.464 e. The van der Waals surface area contributed by atoms with E-state index in [1.807, 2.05) is 0 Å².